The number of carbonyl (C=O) groups excluding carboxylic acids is 1. The van der Waals surface area contributed by atoms with Crippen LogP contribution in [0.5, 0.6) is 5.75 Å². The van der Waals surface area contributed by atoms with Gasteiger partial charge in [0, 0.05) is 5.56 Å². The van der Waals surface area contributed by atoms with Gasteiger partial charge >= 0.3 is 6.61 Å². The molecule has 0 saturated heterocycles. The molecular formula is C13H11ClF2N4O2. The van der Waals surface area contributed by atoms with Crippen molar-refractivity contribution in [3.63, 3.8) is 0 Å². The Morgan fingerprint density at radius 3 is 2.64 bits per heavy atom. The van der Waals surface area contributed by atoms with Gasteiger partial charge in [-0.25, -0.2) is 10.9 Å². The summed E-state index contributed by atoms with van der Waals surface area (Å²) in [6, 6.07) is 8.80. The van der Waals surface area contributed by atoms with Crippen LogP contribution in [0, 0.1) is 0 Å². The van der Waals surface area contributed by atoms with Crippen molar-refractivity contribution in [2.45, 2.75) is 13.0 Å². The van der Waals surface area contributed by atoms with E-state index >= 15 is 0 Å². The van der Waals surface area contributed by atoms with Gasteiger partial charge in [0.1, 0.15) is 5.75 Å². The van der Waals surface area contributed by atoms with Gasteiger partial charge in [-0.2, -0.15) is 8.78 Å². The van der Waals surface area contributed by atoms with E-state index in [1.54, 1.807) is 6.07 Å². The van der Waals surface area contributed by atoms with E-state index < -0.39 is 12.5 Å². The first-order valence-corrected chi connectivity index (χ1v) is 6.45. The molecule has 0 aliphatic heterocycles. The molecule has 1 amide bonds. The molecule has 0 saturated carbocycles. The van der Waals surface area contributed by atoms with E-state index in [0.717, 1.165) is 5.01 Å². The third kappa shape index (κ3) is 4.09. The molecule has 22 heavy (non-hydrogen) atoms. The van der Waals surface area contributed by atoms with Crippen LogP contribution in [0.15, 0.2) is 36.4 Å². The summed E-state index contributed by atoms with van der Waals surface area (Å²) in [5.74, 6) is 5.07. The number of hydrazine groups is 1. The Labute approximate surface area is 129 Å². The average Bonchev–Trinajstić information content (AvgIpc) is 2.48. The summed E-state index contributed by atoms with van der Waals surface area (Å²) in [5.41, 5.74) is 0.283. The van der Waals surface area contributed by atoms with E-state index in [9.17, 15) is 13.6 Å². The van der Waals surface area contributed by atoms with Crippen molar-refractivity contribution in [2.75, 3.05) is 5.01 Å². The zero-order chi connectivity index (χ0) is 16.1. The first kappa shape index (κ1) is 16.1. The molecule has 0 atom stereocenters. The number of rotatable bonds is 5. The minimum absolute atomic E-state index is 0.0820. The van der Waals surface area contributed by atoms with Crippen LogP contribution in [0.1, 0.15) is 5.56 Å². The number of amides is 1. The van der Waals surface area contributed by atoms with Gasteiger partial charge in [-0.1, -0.05) is 29.8 Å². The van der Waals surface area contributed by atoms with Gasteiger partial charge in [0.25, 0.3) is 0 Å². The van der Waals surface area contributed by atoms with Gasteiger partial charge in [-0.15, -0.1) is 10.2 Å². The molecule has 0 unspecified atom stereocenters. The highest BCUT2D eigenvalue weighted by atomic mass is 35.5. The van der Waals surface area contributed by atoms with Crippen molar-refractivity contribution in [3.8, 4) is 5.75 Å². The highest BCUT2D eigenvalue weighted by molar-refractivity contribution is 6.29. The quantitative estimate of drug-likeness (QED) is 0.517. The minimum atomic E-state index is -2.98. The molecular weight excluding hydrogens is 318 g/mol. The number of para-hydroxylation sites is 1. The lowest BCUT2D eigenvalue weighted by Crippen LogP contribution is -2.39. The Hall–Kier alpha value is -2.32. The molecule has 0 spiro atoms. The molecule has 0 aliphatic rings. The van der Waals surface area contributed by atoms with Crippen molar-refractivity contribution in [1.29, 1.82) is 0 Å². The van der Waals surface area contributed by atoms with Crippen LogP contribution in [0.3, 0.4) is 0 Å². The van der Waals surface area contributed by atoms with Gasteiger partial charge in [0.15, 0.2) is 11.0 Å². The van der Waals surface area contributed by atoms with Crippen LogP contribution in [0.2, 0.25) is 5.15 Å². The normalized spacial score (nSPS) is 10.6. The largest absolute Gasteiger partial charge is 0.435 e. The zero-order valence-electron chi connectivity index (χ0n) is 11.1. The van der Waals surface area contributed by atoms with E-state index in [1.807, 2.05) is 0 Å². The minimum Gasteiger partial charge on any atom is -0.435 e. The summed E-state index contributed by atoms with van der Waals surface area (Å²) in [4.78, 5) is 12.1. The molecule has 2 rings (SSSR count). The van der Waals surface area contributed by atoms with Crippen molar-refractivity contribution in [3.05, 3.63) is 47.1 Å². The highest BCUT2D eigenvalue weighted by Gasteiger charge is 2.17. The maximum atomic E-state index is 12.3. The van der Waals surface area contributed by atoms with Gasteiger partial charge in [-0.05, 0) is 18.2 Å². The van der Waals surface area contributed by atoms with E-state index in [0.29, 0.717) is 0 Å². The Morgan fingerprint density at radius 2 is 2.00 bits per heavy atom. The topological polar surface area (TPSA) is 81.3 Å². The molecule has 2 aromatic rings. The van der Waals surface area contributed by atoms with Crippen molar-refractivity contribution >= 4 is 23.3 Å². The first-order chi connectivity index (χ1) is 10.5. The van der Waals surface area contributed by atoms with Crippen LogP contribution in [0.25, 0.3) is 0 Å². The fourth-order valence-corrected chi connectivity index (χ4v) is 1.77. The molecule has 1 heterocycles. The number of aromatic nitrogens is 2. The second-order valence-electron chi connectivity index (χ2n) is 4.14. The molecule has 1 aromatic carbocycles. The summed E-state index contributed by atoms with van der Waals surface area (Å²) >= 11 is 5.59. The number of alkyl halides is 2. The third-order valence-electron chi connectivity index (χ3n) is 2.66. The Morgan fingerprint density at radius 1 is 1.27 bits per heavy atom. The van der Waals surface area contributed by atoms with E-state index in [2.05, 4.69) is 14.9 Å². The smallest absolute Gasteiger partial charge is 0.387 e. The standard InChI is InChI=1S/C13H11ClF2N4O2/c14-10-5-6-11(19-18-10)20(17)12(21)7-8-3-1-2-4-9(8)22-13(15)16/h1-6,13H,7,17H2. The number of anilines is 1. The summed E-state index contributed by atoms with van der Waals surface area (Å²) in [6.45, 7) is -2.98. The van der Waals surface area contributed by atoms with Gasteiger partial charge < -0.3 is 4.74 Å². The summed E-state index contributed by atoms with van der Waals surface area (Å²) in [6.07, 6.45) is -0.232. The maximum absolute atomic E-state index is 12.3. The molecule has 2 N–H and O–H groups in total. The highest BCUT2D eigenvalue weighted by Crippen LogP contribution is 2.21. The predicted molar refractivity (Wildman–Crippen MR) is 75.5 cm³/mol. The van der Waals surface area contributed by atoms with Crippen molar-refractivity contribution in [1.82, 2.24) is 10.2 Å². The van der Waals surface area contributed by atoms with Crippen LogP contribution in [0.4, 0.5) is 14.6 Å². The van der Waals surface area contributed by atoms with Crippen molar-refractivity contribution in [2.24, 2.45) is 5.84 Å². The molecule has 0 aliphatic carbocycles. The van der Waals surface area contributed by atoms with Gasteiger partial charge in [-0.3, -0.25) is 4.79 Å². The Balaban J connectivity index is 2.13. The molecule has 0 bridgehead atoms. The molecule has 116 valence electrons. The second-order valence-corrected chi connectivity index (χ2v) is 4.53. The molecule has 9 heteroatoms. The molecule has 0 fully saturated rings. The van der Waals surface area contributed by atoms with Gasteiger partial charge in [0.05, 0.1) is 6.42 Å². The number of nitrogens with two attached hydrogens (primary N) is 1. The van der Waals surface area contributed by atoms with Crippen LogP contribution >= 0.6 is 11.6 Å². The molecule has 6 nitrogen and oxygen atoms in total. The Bertz CT molecular complexity index is 655. The van der Waals surface area contributed by atoms with Crippen molar-refractivity contribution < 1.29 is 18.3 Å². The summed E-state index contributed by atoms with van der Waals surface area (Å²) < 4.78 is 29.0. The zero-order valence-corrected chi connectivity index (χ0v) is 11.9. The number of ether oxygens (including phenoxy) is 1. The SMILES string of the molecule is NN(C(=O)Cc1ccccc1OC(F)F)c1ccc(Cl)nn1. The van der Waals surface area contributed by atoms with E-state index in [-0.39, 0.29) is 28.7 Å². The first-order valence-electron chi connectivity index (χ1n) is 6.07. The number of hydrogen-bond donors (Lipinski definition) is 1. The van der Waals surface area contributed by atoms with Gasteiger partial charge in [0.2, 0.25) is 5.91 Å². The number of nitrogens with zero attached hydrogens (tertiary/aromatic N) is 3. The number of hydrogen-bond acceptors (Lipinski definition) is 5. The monoisotopic (exact) mass is 328 g/mol. The Kier molecular flexibility index (Phi) is 5.18. The van der Waals surface area contributed by atoms with Crippen LogP contribution < -0.4 is 15.6 Å². The second kappa shape index (κ2) is 7.10. The number of halogens is 3. The van der Waals surface area contributed by atoms with E-state index in [1.165, 1.54) is 30.3 Å². The van der Waals surface area contributed by atoms with Crippen LogP contribution in [-0.4, -0.2) is 22.7 Å². The summed E-state index contributed by atoms with van der Waals surface area (Å²) in [7, 11) is 0. The fraction of sp³-hybridized carbons (Fsp3) is 0.154. The van der Waals surface area contributed by atoms with E-state index in [4.69, 9.17) is 17.4 Å². The fourth-order valence-electron chi connectivity index (χ4n) is 1.67. The lowest BCUT2D eigenvalue weighted by molar-refractivity contribution is -0.118. The lowest BCUT2D eigenvalue weighted by Gasteiger charge is -2.16. The summed E-state index contributed by atoms with van der Waals surface area (Å²) in [5, 5.41) is 8.14. The molecule has 0 radical (unpaired) electrons. The maximum Gasteiger partial charge on any atom is 0.387 e. The average molecular weight is 329 g/mol. The third-order valence-corrected chi connectivity index (χ3v) is 2.87. The van der Waals surface area contributed by atoms with Crippen LogP contribution in [-0.2, 0) is 11.2 Å². The number of benzene rings is 1. The molecule has 1 aromatic heterocycles. The lowest BCUT2D eigenvalue weighted by atomic mass is 10.1. The predicted octanol–water partition coefficient (Wildman–Crippen LogP) is 2.18. The number of carbonyl (C=O) groups is 1.